The van der Waals surface area contributed by atoms with Crippen molar-refractivity contribution in [3.05, 3.63) is 53.6 Å². The first kappa shape index (κ1) is 14.5. The van der Waals surface area contributed by atoms with Crippen molar-refractivity contribution in [1.82, 2.24) is 4.98 Å². The molecule has 0 radical (unpaired) electrons. The van der Waals surface area contributed by atoms with Gasteiger partial charge in [-0.1, -0.05) is 0 Å². The second-order valence-corrected chi connectivity index (χ2v) is 6.37. The lowest BCUT2D eigenvalue weighted by Gasteiger charge is -2.13. The van der Waals surface area contributed by atoms with E-state index in [1.807, 2.05) is 36.4 Å². The summed E-state index contributed by atoms with van der Waals surface area (Å²) in [4.78, 5) is 3.49. The number of aromatic amines is 1. The third-order valence-electron chi connectivity index (χ3n) is 4.85. The van der Waals surface area contributed by atoms with E-state index in [1.54, 1.807) is 0 Å². The van der Waals surface area contributed by atoms with Crippen LogP contribution in [-0.4, -0.2) is 4.98 Å². The molecule has 0 unspecified atom stereocenters. The zero-order valence-corrected chi connectivity index (χ0v) is 13.8. The quantitative estimate of drug-likeness (QED) is 0.393. The summed E-state index contributed by atoms with van der Waals surface area (Å²) in [5.74, 6) is 0. The van der Waals surface area contributed by atoms with Crippen molar-refractivity contribution in [1.29, 1.82) is 0 Å². The van der Waals surface area contributed by atoms with Crippen molar-refractivity contribution in [2.45, 2.75) is 13.8 Å². The molecule has 3 aromatic carbocycles. The number of hydrogen-bond donors (Lipinski definition) is 4. The number of H-pyrrole nitrogens is 1. The Bertz CT molecular complexity index is 1110. The molecule has 120 valence electrons. The Balaban J connectivity index is 2.11. The van der Waals surface area contributed by atoms with Gasteiger partial charge in [0.05, 0.1) is 0 Å². The number of benzene rings is 3. The smallest absolute Gasteiger partial charge is 0.0474 e. The van der Waals surface area contributed by atoms with Crippen molar-refractivity contribution in [2.24, 2.45) is 0 Å². The monoisotopic (exact) mass is 316 g/mol. The van der Waals surface area contributed by atoms with E-state index >= 15 is 0 Å². The number of rotatable bonds is 1. The molecule has 4 aromatic rings. The van der Waals surface area contributed by atoms with E-state index in [4.69, 9.17) is 17.2 Å². The van der Waals surface area contributed by atoms with E-state index < -0.39 is 0 Å². The van der Waals surface area contributed by atoms with Gasteiger partial charge in [-0.15, -0.1) is 0 Å². The maximum absolute atomic E-state index is 6.20. The molecule has 0 spiro atoms. The van der Waals surface area contributed by atoms with E-state index in [1.165, 1.54) is 16.5 Å². The van der Waals surface area contributed by atoms with Crippen molar-refractivity contribution in [3.63, 3.8) is 0 Å². The van der Waals surface area contributed by atoms with Crippen LogP contribution >= 0.6 is 0 Å². The van der Waals surface area contributed by atoms with Crippen LogP contribution in [-0.2, 0) is 0 Å². The molecule has 1 aromatic heterocycles. The minimum Gasteiger partial charge on any atom is -0.399 e. The second kappa shape index (κ2) is 4.93. The lowest BCUT2D eigenvalue weighted by molar-refractivity contribution is 1.37. The largest absolute Gasteiger partial charge is 0.399 e. The fourth-order valence-electron chi connectivity index (χ4n) is 3.47. The van der Waals surface area contributed by atoms with E-state index in [9.17, 15) is 0 Å². The van der Waals surface area contributed by atoms with Gasteiger partial charge < -0.3 is 22.2 Å². The van der Waals surface area contributed by atoms with Gasteiger partial charge in [0.25, 0.3) is 0 Å². The highest BCUT2D eigenvalue weighted by molar-refractivity contribution is 6.11. The van der Waals surface area contributed by atoms with Gasteiger partial charge >= 0.3 is 0 Å². The third-order valence-corrected chi connectivity index (χ3v) is 4.85. The first-order chi connectivity index (χ1) is 11.5. The number of hydrogen-bond acceptors (Lipinski definition) is 3. The molecule has 0 aliphatic heterocycles. The molecule has 0 fully saturated rings. The highest BCUT2D eigenvalue weighted by atomic mass is 14.7. The Hall–Kier alpha value is -3.14. The van der Waals surface area contributed by atoms with Crippen LogP contribution in [0.2, 0.25) is 0 Å². The number of aryl methyl sites for hydroxylation is 1. The molecule has 0 bridgehead atoms. The average molecular weight is 316 g/mol. The van der Waals surface area contributed by atoms with Crippen molar-refractivity contribution in [3.8, 4) is 11.1 Å². The maximum Gasteiger partial charge on any atom is 0.0474 e. The number of anilines is 3. The molecular formula is C20H20N4. The van der Waals surface area contributed by atoms with Gasteiger partial charge in [0.2, 0.25) is 0 Å². The molecule has 4 nitrogen and oxygen atoms in total. The molecule has 7 N–H and O–H groups in total. The molecule has 0 saturated carbocycles. The summed E-state index contributed by atoms with van der Waals surface area (Å²) in [7, 11) is 0. The number of aromatic nitrogens is 1. The Morgan fingerprint density at radius 1 is 0.708 bits per heavy atom. The van der Waals surface area contributed by atoms with Crippen LogP contribution in [0.3, 0.4) is 0 Å². The minimum absolute atomic E-state index is 0.709. The van der Waals surface area contributed by atoms with Gasteiger partial charge in [-0.25, -0.2) is 0 Å². The molecule has 1 heterocycles. The van der Waals surface area contributed by atoms with Crippen LogP contribution in [0.15, 0.2) is 42.5 Å². The summed E-state index contributed by atoms with van der Waals surface area (Å²) < 4.78 is 0. The van der Waals surface area contributed by atoms with Gasteiger partial charge in [-0.3, -0.25) is 0 Å². The van der Waals surface area contributed by atoms with Crippen LogP contribution in [0.4, 0.5) is 17.1 Å². The molecule has 4 rings (SSSR count). The Morgan fingerprint density at radius 3 is 2.21 bits per heavy atom. The molecule has 0 amide bonds. The first-order valence-corrected chi connectivity index (χ1v) is 7.92. The molecule has 4 heteroatoms. The van der Waals surface area contributed by atoms with Gasteiger partial charge in [0.1, 0.15) is 0 Å². The Labute approximate surface area is 140 Å². The third kappa shape index (κ3) is 2.00. The Kier molecular flexibility index (Phi) is 2.97. The topological polar surface area (TPSA) is 93.8 Å². The van der Waals surface area contributed by atoms with Gasteiger partial charge in [-0.2, -0.15) is 0 Å². The predicted molar refractivity (Wildman–Crippen MR) is 104 cm³/mol. The summed E-state index contributed by atoms with van der Waals surface area (Å²) in [6.45, 7) is 4.26. The van der Waals surface area contributed by atoms with E-state index in [0.29, 0.717) is 5.69 Å². The molecule has 0 aliphatic rings. The number of nitrogen functional groups attached to an aromatic ring is 3. The zero-order chi connectivity index (χ0) is 17.0. The molecular weight excluding hydrogens is 296 g/mol. The van der Waals surface area contributed by atoms with E-state index in [0.717, 1.165) is 38.9 Å². The van der Waals surface area contributed by atoms with Gasteiger partial charge in [-0.05, 0) is 73.0 Å². The zero-order valence-electron chi connectivity index (χ0n) is 13.8. The highest BCUT2D eigenvalue weighted by Crippen LogP contribution is 2.38. The van der Waals surface area contributed by atoms with Crippen LogP contribution in [0, 0.1) is 13.8 Å². The standard InChI is InChI=1S/C20H20N4/c1-10-11(2)20-16-8-13(22)4-6-18(16)24-19(20)9-14(10)15-7-12(21)3-5-17(15)23/h3-9,24H,21-23H2,1-2H3. The fraction of sp³-hybridized carbons (Fsp3) is 0.100. The summed E-state index contributed by atoms with van der Waals surface area (Å²) in [5, 5.41) is 2.36. The predicted octanol–water partition coefficient (Wildman–Crippen LogP) is 4.35. The number of nitrogens with one attached hydrogen (secondary N) is 1. The summed E-state index contributed by atoms with van der Waals surface area (Å²) in [6, 6.07) is 13.7. The number of fused-ring (bicyclic) bond motifs is 3. The van der Waals surface area contributed by atoms with Gasteiger partial charge in [0, 0.05) is 44.4 Å². The van der Waals surface area contributed by atoms with Crippen molar-refractivity contribution >= 4 is 38.9 Å². The van der Waals surface area contributed by atoms with Crippen molar-refractivity contribution in [2.75, 3.05) is 17.2 Å². The first-order valence-electron chi connectivity index (χ1n) is 7.92. The SMILES string of the molecule is Cc1c(-c2cc(N)ccc2N)cc2[nH]c3ccc(N)cc3c2c1C. The van der Waals surface area contributed by atoms with E-state index in [2.05, 4.69) is 24.9 Å². The summed E-state index contributed by atoms with van der Waals surface area (Å²) in [6.07, 6.45) is 0. The minimum atomic E-state index is 0.709. The summed E-state index contributed by atoms with van der Waals surface area (Å²) in [5.41, 5.74) is 27.0. The van der Waals surface area contributed by atoms with Crippen molar-refractivity contribution < 1.29 is 0 Å². The molecule has 24 heavy (non-hydrogen) atoms. The van der Waals surface area contributed by atoms with Crippen LogP contribution in [0.1, 0.15) is 11.1 Å². The molecule has 0 saturated heterocycles. The lowest BCUT2D eigenvalue weighted by Crippen LogP contribution is -1.96. The Morgan fingerprint density at radius 2 is 1.42 bits per heavy atom. The van der Waals surface area contributed by atoms with E-state index in [-0.39, 0.29) is 0 Å². The molecule has 0 aliphatic carbocycles. The van der Waals surface area contributed by atoms with Crippen LogP contribution in [0.25, 0.3) is 32.9 Å². The highest BCUT2D eigenvalue weighted by Gasteiger charge is 2.15. The maximum atomic E-state index is 6.20. The lowest BCUT2D eigenvalue weighted by atomic mass is 9.92. The van der Waals surface area contributed by atoms with Gasteiger partial charge in [0.15, 0.2) is 0 Å². The van der Waals surface area contributed by atoms with Crippen LogP contribution < -0.4 is 17.2 Å². The van der Waals surface area contributed by atoms with Crippen LogP contribution in [0.5, 0.6) is 0 Å². The molecule has 0 atom stereocenters. The fourth-order valence-corrected chi connectivity index (χ4v) is 3.47. The number of nitrogens with two attached hydrogens (primary N) is 3. The second-order valence-electron chi connectivity index (χ2n) is 6.37. The summed E-state index contributed by atoms with van der Waals surface area (Å²) >= 11 is 0. The average Bonchev–Trinajstić information content (AvgIpc) is 2.91. The normalized spacial score (nSPS) is 11.4.